The number of halogens is 5. The average molecular weight is 287 g/mol. The van der Waals surface area contributed by atoms with Crippen molar-refractivity contribution >= 4 is 15.9 Å². The Morgan fingerprint density at radius 1 is 1.33 bits per heavy atom. The summed E-state index contributed by atoms with van der Waals surface area (Å²) >= 11 is 2.87. The van der Waals surface area contributed by atoms with E-state index in [1.165, 1.54) is 7.11 Å². The first-order chi connectivity index (χ1) is 6.83. The lowest BCUT2D eigenvalue weighted by atomic mass is 10.1. The van der Waals surface area contributed by atoms with Gasteiger partial charge in [0.25, 0.3) is 0 Å². The zero-order chi connectivity index (χ0) is 11.6. The van der Waals surface area contributed by atoms with E-state index >= 15 is 0 Å². The molecule has 1 nitrogen and oxygen atoms in total. The summed E-state index contributed by atoms with van der Waals surface area (Å²) in [6.07, 6.45) is -5.45. The molecular formula is C9H7BrF4O. The van der Waals surface area contributed by atoms with Gasteiger partial charge in [-0.25, -0.2) is 4.39 Å². The van der Waals surface area contributed by atoms with Crippen molar-refractivity contribution in [2.24, 2.45) is 0 Å². The third-order valence-electron chi connectivity index (χ3n) is 1.71. The molecule has 0 spiro atoms. The summed E-state index contributed by atoms with van der Waals surface area (Å²) in [6, 6.07) is 1.99. The van der Waals surface area contributed by atoms with E-state index in [9.17, 15) is 17.6 Å². The summed E-state index contributed by atoms with van der Waals surface area (Å²) in [5.74, 6) is -0.896. The summed E-state index contributed by atoms with van der Waals surface area (Å²) in [6.45, 7) is 0. The largest absolute Gasteiger partial charge is 0.494 e. The predicted octanol–water partition coefficient (Wildman–Crippen LogP) is 3.70. The molecule has 84 valence electrons. The molecule has 0 atom stereocenters. The molecule has 0 N–H and O–H groups in total. The van der Waals surface area contributed by atoms with Crippen LogP contribution in [0, 0.1) is 5.82 Å². The van der Waals surface area contributed by atoms with Crippen LogP contribution in [0.3, 0.4) is 0 Å². The number of hydrogen-bond acceptors (Lipinski definition) is 1. The topological polar surface area (TPSA) is 9.23 Å². The second kappa shape index (κ2) is 4.38. The number of ether oxygens (including phenoxy) is 1. The Labute approximate surface area is 92.2 Å². The molecule has 1 rings (SSSR count). The van der Waals surface area contributed by atoms with Gasteiger partial charge in [-0.1, -0.05) is 15.9 Å². The van der Waals surface area contributed by atoms with E-state index < -0.39 is 18.4 Å². The van der Waals surface area contributed by atoms with E-state index in [0.717, 1.165) is 12.1 Å². The number of rotatable bonds is 2. The smallest absolute Gasteiger partial charge is 0.393 e. The molecule has 0 heterocycles. The van der Waals surface area contributed by atoms with Gasteiger partial charge in [0, 0.05) is 4.47 Å². The molecule has 0 fully saturated rings. The van der Waals surface area contributed by atoms with Gasteiger partial charge in [0.15, 0.2) is 11.6 Å². The highest BCUT2D eigenvalue weighted by Gasteiger charge is 2.29. The maximum atomic E-state index is 13.0. The second-order valence-electron chi connectivity index (χ2n) is 2.87. The van der Waals surface area contributed by atoms with Crippen molar-refractivity contribution in [3.63, 3.8) is 0 Å². The first-order valence-electron chi connectivity index (χ1n) is 3.92. The third-order valence-corrected chi connectivity index (χ3v) is 2.45. The molecule has 0 bridgehead atoms. The van der Waals surface area contributed by atoms with Crippen LogP contribution in [-0.2, 0) is 6.42 Å². The number of methoxy groups -OCH3 is 1. The highest BCUT2D eigenvalue weighted by atomic mass is 79.9. The molecule has 0 aliphatic heterocycles. The minimum atomic E-state index is -4.33. The van der Waals surface area contributed by atoms with Gasteiger partial charge in [-0.3, -0.25) is 0 Å². The Hall–Kier alpha value is -0.780. The summed E-state index contributed by atoms with van der Waals surface area (Å²) in [7, 11) is 1.20. The first kappa shape index (κ1) is 12.3. The molecular weight excluding hydrogens is 280 g/mol. The van der Waals surface area contributed by atoms with E-state index in [2.05, 4.69) is 20.7 Å². The van der Waals surface area contributed by atoms with Crippen molar-refractivity contribution in [1.29, 1.82) is 0 Å². The van der Waals surface area contributed by atoms with Gasteiger partial charge in [-0.2, -0.15) is 13.2 Å². The standard InChI is InChI=1S/C9H7BrF4O/c1-15-8-2-5(4-9(12,13)14)6(10)3-7(8)11/h2-3H,4H2,1H3. The molecule has 0 unspecified atom stereocenters. The zero-order valence-electron chi connectivity index (χ0n) is 7.66. The Balaban J connectivity index is 3.08. The lowest BCUT2D eigenvalue weighted by Crippen LogP contribution is -2.12. The van der Waals surface area contributed by atoms with Gasteiger partial charge in [0.1, 0.15) is 0 Å². The summed E-state index contributed by atoms with van der Waals surface area (Å²) in [5.41, 5.74) is -0.0549. The van der Waals surface area contributed by atoms with Gasteiger partial charge in [-0.05, 0) is 17.7 Å². The Morgan fingerprint density at radius 2 is 1.93 bits per heavy atom. The highest BCUT2D eigenvalue weighted by molar-refractivity contribution is 9.10. The van der Waals surface area contributed by atoms with E-state index in [1.54, 1.807) is 0 Å². The van der Waals surface area contributed by atoms with E-state index in [4.69, 9.17) is 0 Å². The van der Waals surface area contributed by atoms with E-state index in [1.807, 2.05) is 0 Å². The van der Waals surface area contributed by atoms with Crippen molar-refractivity contribution in [3.05, 3.63) is 28.0 Å². The Kier molecular flexibility index (Phi) is 3.59. The fourth-order valence-corrected chi connectivity index (χ4v) is 1.53. The van der Waals surface area contributed by atoms with Crippen LogP contribution in [0.2, 0.25) is 0 Å². The van der Waals surface area contributed by atoms with Crippen LogP contribution < -0.4 is 4.74 Å². The van der Waals surface area contributed by atoms with Gasteiger partial charge in [-0.15, -0.1) is 0 Å². The average Bonchev–Trinajstić information content (AvgIpc) is 2.07. The quantitative estimate of drug-likeness (QED) is 0.754. The van der Waals surface area contributed by atoms with Gasteiger partial charge in [0.2, 0.25) is 0 Å². The molecule has 6 heteroatoms. The van der Waals surface area contributed by atoms with Crippen LogP contribution in [0.4, 0.5) is 17.6 Å². The lowest BCUT2D eigenvalue weighted by Gasteiger charge is -2.10. The number of alkyl halides is 3. The SMILES string of the molecule is COc1cc(CC(F)(F)F)c(Br)cc1F. The van der Waals surface area contributed by atoms with Crippen molar-refractivity contribution in [1.82, 2.24) is 0 Å². The molecule has 0 aromatic heterocycles. The predicted molar refractivity (Wildman–Crippen MR) is 50.4 cm³/mol. The first-order valence-corrected chi connectivity index (χ1v) is 4.71. The lowest BCUT2D eigenvalue weighted by molar-refractivity contribution is -0.127. The van der Waals surface area contributed by atoms with Crippen LogP contribution in [0.25, 0.3) is 0 Å². The van der Waals surface area contributed by atoms with Gasteiger partial charge < -0.3 is 4.74 Å². The molecule has 0 aliphatic carbocycles. The summed E-state index contributed by atoms with van der Waals surface area (Å²) in [5, 5.41) is 0. The molecule has 1 aromatic rings. The number of hydrogen-bond donors (Lipinski definition) is 0. The minimum Gasteiger partial charge on any atom is -0.494 e. The number of benzene rings is 1. The van der Waals surface area contributed by atoms with Crippen LogP contribution in [0.1, 0.15) is 5.56 Å². The fourth-order valence-electron chi connectivity index (χ4n) is 1.08. The Bertz CT molecular complexity index is 362. The summed E-state index contributed by atoms with van der Waals surface area (Å²) in [4.78, 5) is 0. The third kappa shape index (κ3) is 3.37. The maximum absolute atomic E-state index is 13.0. The molecule has 0 saturated heterocycles. The van der Waals surface area contributed by atoms with Crippen molar-refractivity contribution in [3.8, 4) is 5.75 Å². The van der Waals surface area contributed by atoms with Crippen molar-refractivity contribution < 1.29 is 22.3 Å². The van der Waals surface area contributed by atoms with Crippen LogP contribution in [0.15, 0.2) is 16.6 Å². The normalized spacial score (nSPS) is 11.6. The highest BCUT2D eigenvalue weighted by Crippen LogP contribution is 2.31. The van der Waals surface area contributed by atoms with Crippen molar-refractivity contribution in [2.45, 2.75) is 12.6 Å². The van der Waals surface area contributed by atoms with Gasteiger partial charge in [0.05, 0.1) is 13.5 Å². The molecule has 1 aromatic carbocycles. The monoisotopic (exact) mass is 286 g/mol. The zero-order valence-corrected chi connectivity index (χ0v) is 9.25. The van der Waals surface area contributed by atoms with E-state index in [0.29, 0.717) is 0 Å². The van der Waals surface area contributed by atoms with Crippen LogP contribution in [0.5, 0.6) is 5.75 Å². The Morgan fingerprint density at radius 3 is 2.40 bits per heavy atom. The van der Waals surface area contributed by atoms with Gasteiger partial charge >= 0.3 is 6.18 Å². The fraction of sp³-hybridized carbons (Fsp3) is 0.333. The molecule has 0 amide bonds. The summed E-state index contributed by atoms with van der Waals surface area (Å²) < 4.78 is 54.0. The molecule has 0 aliphatic rings. The van der Waals surface area contributed by atoms with Crippen LogP contribution >= 0.6 is 15.9 Å². The second-order valence-corrected chi connectivity index (χ2v) is 3.72. The van der Waals surface area contributed by atoms with Crippen LogP contribution in [-0.4, -0.2) is 13.3 Å². The molecule has 0 saturated carbocycles. The molecule has 0 radical (unpaired) electrons. The maximum Gasteiger partial charge on any atom is 0.393 e. The minimum absolute atomic E-state index is 0.0549. The van der Waals surface area contributed by atoms with Crippen molar-refractivity contribution in [2.75, 3.05) is 7.11 Å². The van der Waals surface area contributed by atoms with E-state index in [-0.39, 0.29) is 15.8 Å². The molecule has 15 heavy (non-hydrogen) atoms.